The van der Waals surface area contributed by atoms with Crippen LogP contribution in [0.5, 0.6) is 0 Å². The number of benzene rings is 1. The molecule has 0 saturated carbocycles. The average molecular weight is 489 g/mol. The summed E-state index contributed by atoms with van der Waals surface area (Å²) >= 11 is 2.59. The highest BCUT2D eigenvalue weighted by molar-refractivity contribution is 7.99. The number of anilines is 2. The van der Waals surface area contributed by atoms with Crippen molar-refractivity contribution in [3.8, 4) is 0 Å². The second kappa shape index (κ2) is 11.3. The second-order valence-corrected chi connectivity index (χ2v) is 9.66. The molecular formula is C22H28N6O3S2. The van der Waals surface area contributed by atoms with Crippen molar-refractivity contribution in [1.82, 2.24) is 19.7 Å². The summed E-state index contributed by atoms with van der Waals surface area (Å²) in [4.78, 5) is 30.0. The minimum atomic E-state index is -0.616. The number of hydrogen-bond acceptors (Lipinski definition) is 9. The van der Waals surface area contributed by atoms with Gasteiger partial charge < -0.3 is 15.8 Å². The lowest BCUT2D eigenvalue weighted by Crippen LogP contribution is -2.27. The van der Waals surface area contributed by atoms with Gasteiger partial charge in [-0.3, -0.25) is 9.36 Å². The van der Waals surface area contributed by atoms with Gasteiger partial charge in [0.05, 0.1) is 11.8 Å². The number of thiazole rings is 1. The molecule has 0 radical (unpaired) electrons. The summed E-state index contributed by atoms with van der Waals surface area (Å²) in [6.07, 6.45) is 1.10. The third-order valence-corrected chi connectivity index (χ3v) is 6.71. The maximum atomic E-state index is 13.1. The summed E-state index contributed by atoms with van der Waals surface area (Å²) in [5, 5.41) is 11.9. The SMILES string of the molecule is CCC(C(=O)Nc1nc(C)c(C(=O)OC(C)C)s1)n1c(N)nnc1SCCc1ccccc1. The number of rotatable bonds is 10. The van der Waals surface area contributed by atoms with Gasteiger partial charge in [0.1, 0.15) is 10.9 Å². The molecule has 2 aromatic heterocycles. The Hall–Kier alpha value is -2.92. The normalized spacial score (nSPS) is 12.0. The predicted molar refractivity (Wildman–Crippen MR) is 131 cm³/mol. The minimum Gasteiger partial charge on any atom is -0.459 e. The van der Waals surface area contributed by atoms with Crippen LogP contribution in [0.3, 0.4) is 0 Å². The van der Waals surface area contributed by atoms with Crippen LogP contribution in [0.2, 0.25) is 0 Å². The van der Waals surface area contributed by atoms with Gasteiger partial charge in [-0.25, -0.2) is 9.78 Å². The van der Waals surface area contributed by atoms with Crippen LogP contribution in [0.1, 0.15) is 54.2 Å². The zero-order valence-corrected chi connectivity index (χ0v) is 20.7. The first-order valence-corrected chi connectivity index (χ1v) is 12.5. The van der Waals surface area contributed by atoms with E-state index >= 15 is 0 Å². The molecular weight excluding hydrogens is 460 g/mol. The molecule has 9 nitrogen and oxygen atoms in total. The fourth-order valence-electron chi connectivity index (χ4n) is 3.17. The van der Waals surface area contributed by atoms with Crippen LogP contribution in [-0.4, -0.2) is 43.5 Å². The van der Waals surface area contributed by atoms with Crippen molar-refractivity contribution in [2.24, 2.45) is 0 Å². The molecule has 0 spiro atoms. The molecule has 33 heavy (non-hydrogen) atoms. The zero-order chi connectivity index (χ0) is 24.0. The van der Waals surface area contributed by atoms with Crippen molar-refractivity contribution in [3.63, 3.8) is 0 Å². The number of hydrogen-bond donors (Lipinski definition) is 2. The van der Waals surface area contributed by atoms with E-state index in [-0.39, 0.29) is 18.0 Å². The minimum absolute atomic E-state index is 0.177. The molecule has 0 aliphatic rings. The summed E-state index contributed by atoms with van der Waals surface area (Å²) in [7, 11) is 0. The van der Waals surface area contributed by atoms with Gasteiger partial charge in [-0.15, -0.1) is 10.2 Å². The molecule has 176 valence electrons. The van der Waals surface area contributed by atoms with E-state index in [2.05, 4.69) is 32.6 Å². The molecule has 2 heterocycles. The van der Waals surface area contributed by atoms with Crippen molar-refractivity contribution in [2.75, 3.05) is 16.8 Å². The van der Waals surface area contributed by atoms with Gasteiger partial charge in [-0.2, -0.15) is 0 Å². The first-order valence-electron chi connectivity index (χ1n) is 10.7. The zero-order valence-electron chi connectivity index (χ0n) is 19.1. The van der Waals surface area contributed by atoms with Gasteiger partial charge in [-0.05, 0) is 39.2 Å². The third kappa shape index (κ3) is 6.32. The lowest BCUT2D eigenvalue weighted by atomic mass is 10.2. The molecule has 0 fully saturated rings. The fraction of sp³-hybridized carbons (Fsp3) is 0.409. The van der Waals surface area contributed by atoms with Crippen molar-refractivity contribution < 1.29 is 14.3 Å². The van der Waals surface area contributed by atoms with E-state index in [0.717, 1.165) is 23.5 Å². The maximum Gasteiger partial charge on any atom is 0.350 e. The van der Waals surface area contributed by atoms with Crippen LogP contribution in [0.4, 0.5) is 11.1 Å². The van der Waals surface area contributed by atoms with Crippen LogP contribution >= 0.6 is 23.1 Å². The second-order valence-electron chi connectivity index (χ2n) is 7.60. The van der Waals surface area contributed by atoms with E-state index in [1.807, 2.05) is 25.1 Å². The molecule has 3 aromatic rings. The predicted octanol–water partition coefficient (Wildman–Crippen LogP) is 4.12. The average Bonchev–Trinajstić information content (AvgIpc) is 3.31. The molecule has 0 aliphatic carbocycles. The van der Waals surface area contributed by atoms with Crippen LogP contribution in [0.25, 0.3) is 0 Å². The molecule has 3 N–H and O–H groups in total. The van der Waals surface area contributed by atoms with Gasteiger partial charge in [0.15, 0.2) is 10.3 Å². The lowest BCUT2D eigenvalue weighted by Gasteiger charge is -2.18. The first kappa shape index (κ1) is 24.7. The summed E-state index contributed by atoms with van der Waals surface area (Å²) in [5.41, 5.74) is 7.80. The number of esters is 1. The quantitative estimate of drug-likeness (QED) is 0.323. The third-order valence-electron chi connectivity index (χ3n) is 4.71. The van der Waals surface area contributed by atoms with E-state index < -0.39 is 12.0 Å². The number of amides is 1. The highest BCUT2D eigenvalue weighted by Crippen LogP contribution is 2.29. The van der Waals surface area contributed by atoms with E-state index in [4.69, 9.17) is 10.5 Å². The monoisotopic (exact) mass is 488 g/mol. The number of thioether (sulfide) groups is 1. The van der Waals surface area contributed by atoms with E-state index in [0.29, 0.717) is 27.3 Å². The van der Waals surface area contributed by atoms with Gasteiger partial charge in [0, 0.05) is 5.75 Å². The van der Waals surface area contributed by atoms with Crippen molar-refractivity contribution in [2.45, 2.75) is 57.8 Å². The Morgan fingerprint density at radius 3 is 2.64 bits per heavy atom. The molecule has 11 heteroatoms. The molecule has 3 rings (SSSR count). The van der Waals surface area contributed by atoms with Gasteiger partial charge in [0.25, 0.3) is 0 Å². The highest BCUT2D eigenvalue weighted by atomic mass is 32.2. The Labute approximate surface area is 201 Å². The van der Waals surface area contributed by atoms with E-state index in [9.17, 15) is 9.59 Å². The Bertz CT molecular complexity index is 1100. The van der Waals surface area contributed by atoms with Gasteiger partial charge >= 0.3 is 5.97 Å². The Morgan fingerprint density at radius 2 is 1.97 bits per heavy atom. The summed E-state index contributed by atoms with van der Waals surface area (Å²) in [6.45, 7) is 7.16. The van der Waals surface area contributed by atoms with Crippen LogP contribution in [0.15, 0.2) is 35.5 Å². The van der Waals surface area contributed by atoms with Crippen molar-refractivity contribution in [1.29, 1.82) is 0 Å². The molecule has 1 atom stereocenters. The Balaban J connectivity index is 1.71. The van der Waals surface area contributed by atoms with Crippen LogP contribution in [-0.2, 0) is 16.0 Å². The van der Waals surface area contributed by atoms with Crippen LogP contribution in [0, 0.1) is 6.92 Å². The molecule has 1 amide bonds. The number of nitrogens with zero attached hydrogens (tertiary/aromatic N) is 4. The smallest absolute Gasteiger partial charge is 0.350 e. The largest absolute Gasteiger partial charge is 0.459 e. The lowest BCUT2D eigenvalue weighted by molar-refractivity contribution is -0.119. The summed E-state index contributed by atoms with van der Waals surface area (Å²) in [5.74, 6) is 0.197. The molecule has 0 saturated heterocycles. The molecule has 1 unspecified atom stereocenters. The van der Waals surface area contributed by atoms with Crippen LogP contribution < -0.4 is 11.1 Å². The van der Waals surface area contributed by atoms with Gasteiger partial charge in [-0.1, -0.05) is 60.4 Å². The molecule has 0 bridgehead atoms. The van der Waals surface area contributed by atoms with Gasteiger partial charge in [0.2, 0.25) is 11.9 Å². The number of carbonyl (C=O) groups excluding carboxylic acids is 2. The molecule has 1 aromatic carbocycles. The number of carbonyl (C=O) groups is 2. The first-order chi connectivity index (χ1) is 15.8. The highest BCUT2D eigenvalue weighted by Gasteiger charge is 2.27. The summed E-state index contributed by atoms with van der Waals surface area (Å²) in [6, 6.07) is 9.53. The number of nitrogen functional groups attached to an aromatic ring is 1. The molecule has 0 aliphatic heterocycles. The van der Waals surface area contributed by atoms with Crippen molar-refractivity contribution >= 4 is 46.1 Å². The number of aromatic nitrogens is 4. The number of ether oxygens (including phenoxy) is 1. The fourth-order valence-corrected chi connectivity index (χ4v) is 5.00. The standard InChI is InChI=1S/C22H28N6O3S2/c1-5-16(18(29)25-21-24-14(4)17(33-21)19(30)31-13(2)3)28-20(23)26-27-22(28)32-12-11-15-9-7-6-8-10-15/h6-10,13,16H,5,11-12H2,1-4H3,(H2,23,26)(H,24,25,29). The van der Waals surface area contributed by atoms with E-state index in [1.165, 1.54) is 17.3 Å². The van der Waals surface area contributed by atoms with Crippen molar-refractivity contribution in [3.05, 3.63) is 46.5 Å². The maximum absolute atomic E-state index is 13.1. The number of nitrogens with one attached hydrogen (secondary N) is 1. The number of nitrogens with two attached hydrogens (primary N) is 1. The number of aryl methyl sites for hydroxylation is 2. The van der Waals surface area contributed by atoms with E-state index in [1.54, 1.807) is 25.3 Å². The topological polar surface area (TPSA) is 125 Å². The Morgan fingerprint density at radius 1 is 1.24 bits per heavy atom. The summed E-state index contributed by atoms with van der Waals surface area (Å²) < 4.78 is 6.89. The Kier molecular flexibility index (Phi) is 8.45.